The fourth-order valence-corrected chi connectivity index (χ4v) is 2.01. The van der Waals surface area contributed by atoms with Gasteiger partial charge in [-0.1, -0.05) is 35.9 Å². The molecule has 1 amide bonds. The van der Waals surface area contributed by atoms with Gasteiger partial charge in [-0.15, -0.1) is 0 Å². The summed E-state index contributed by atoms with van der Waals surface area (Å²) in [7, 11) is 1.69. The minimum atomic E-state index is -0.384. The van der Waals surface area contributed by atoms with Gasteiger partial charge < -0.3 is 4.90 Å². The van der Waals surface area contributed by atoms with Crippen molar-refractivity contribution in [2.75, 3.05) is 7.05 Å². The average molecular weight is 278 g/mol. The van der Waals surface area contributed by atoms with Crippen LogP contribution in [0.3, 0.4) is 0 Å². The van der Waals surface area contributed by atoms with Crippen LogP contribution >= 0.6 is 11.6 Å². The van der Waals surface area contributed by atoms with Crippen LogP contribution in [0, 0.1) is 5.82 Å². The van der Waals surface area contributed by atoms with Crippen molar-refractivity contribution < 1.29 is 9.18 Å². The van der Waals surface area contributed by atoms with Crippen molar-refractivity contribution in [2.45, 2.75) is 6.54 Å². The topological polar surface area (TPSA) is 20.3 Å². The first-order valence-corrected chi connectivity index (χ1v) is 6.20. The third-order valence-electron chi connectivity index (χ3n) is 2.79. The second-order valence-corrected chi connectivity index (χ2v) is 4.67. The van der Waals surface area contributed by atoms with E-state index in [0.717, 1.165) is 5.56 Å². The van der Waals surface area contributed by atoms with Gasteiger partial charge in [0.05, 0.1) is 0 Å². The van der Waals surface area contributed by atoms with Crippen LogP contribution in [0.4, 0.5) is 4.39 Å². The summed E-state index contributed by atoms with van der Waals surface area (Å²) in [6.07, 6.45) is 0. The standard InChI is InChI=1S/C15H13ClFNO/c1-18(15(19)11-5-3-2-4-6-11)10-12-7-8-13(17)9-14(12)16/h2-9H,10H2,1H3. The molecule has 0 N–H and O–H groups in total. The molecular formula is C15H13ClFNO. The van der Waals surface area contributed by atoms with E-state index in [4.69, 9.17) is 11.6 Å². The van der Waals surface area contributed by atoms with Gasteiger partial charge in [0, 0.05) is 24.2 Å². The molecule has 19 heavy (non-hydrogen) atoms. The van der Waals surface area contributed by atoms with Gasteiger partial charge in [0.15, 0.2) is 0 Å². The Kier molecular flexibility index (Phi) is 4.17. The molecule has 0 atom stereocenters. The lowest BCUT2D eigenvalue weighted by Gasteiger charge is -2.18. The van der Waals surface area contributed by atoms with Crippen molar-refractivity contribution in [3.63, 3.8) is 0 Å². The van der Waals surface area contributed by atoms with E-state index in [1.807, 2.05) is 18.2 Å². The molecule has 0 spiro atoms. The van der Waals surface area contributed by atoms with Gasteiger partial charge in [0.25, 0.3) is 5.91 Å². The summed E-state index contributed by atoms with van der Waals surface area (Å²) >= 11 is 5.95. The number of carbonyl (C=O) groups is 1. The van der Waals surface area contributed by atoms with Crippen LogP contribution in [-0.2, 0) is 6.54 Å². The fraction of sp³-hybridized carbons (Fsp3) is 0.133. The van der Waals surface area contributed by atoms with Crippen LogP contribution in [0.5, 0.6) is 0 Å². The second-order valence-electron chi connectivity index (χ2n) is 4.26. The lowest BCUT2D eigenvalue weighted by atomic mass is 10.1. The lowest BCUT2D eigenvalue weighted by molar-refractivity contribution is 0.0785. The van der Waals surface area contributed by atoms with Crippen LogP contribution in [0.2, 0.25) is 5.02 Å². The van der Waals surface area contributed by atoms with E-state index in [9.17, 15) is 9.18 Å². The van der Waals surface area contributed by atoms with Crippen LogP contribution < -0.4 is 0 Å². The van der Waals surface area contributed by atoms with E-state index >= 15 is 0 Å². The Morgan fingerprint density at radius 2 is 1.89 bits per heavy atom. The van der Waals surface area contributed by atoms with Gasteiger partial charge in [0.1, 0.15) is 5.82 Å². The Labute approximate surface area is 116 Å². The Morgan fingerprint density at radius 1 is 1.21 bits per heavy atom. The highest BCUT2D eigenvalue weighted by atomic mass is 35.5. The van der Waals surface area contributed by atoms with Crippen molar-refractivity contribution in [1.82, 2.24) is 4.90 Å². The molecule has 0 bridgehead atoms. The largest absolute Gasteiger partial charge is 0.337 e. The van der Waals surface area contributed by atoms with E-state index in [1.54, 1.807) is 30.1 Å². The summed E-state index contributed by atoms with van der Waals surface area (Å²) in [5, 5.41) is 0.327. The number of nitrogens with zero attached hydrogens (tertiary/aromatic N) is 1. The number of rotatable bonds is 3. The van der Waals surface area contributed by atoms with E-state index < -0.39 is 0 Å². The predicted molar refractivity (Wildman–Crippen MR) is 73.6 cm³/mol. The summed E-state index contributed by atoms with van der Waals surface area (Å²) < 4.78 is 12.9. The fourth-order valence-electron chi connectivity index (χ4n) is 1.78. The first-order valence-electron chi connectivity index (χ1n) is 5.82. The van der Waals surface area contributed by atoms with Gasteiger partial charge in [-0.2, -0.15) is 0 Å². The maximum Gasteiger partial charge on any atom is 0.253 e. The molecule has 2 nitrogen and oxygen atoms in total. The summed E-state index contributed by atoms with van der Waals surface area (Å²) in [5.74, 6) is -0.480. The molecule has 0 heterocycles. The molecule has 0 saturated heterocycles. The van der Waals surface area contributed by atoms with E-state index in [-0.39, 0.29) is 11.7 Å². The van der Waals surface area contributed by atoms with Crippen LogP contribution in [-0.4, -0.2) is 17.9 Å². The Balaban J connectivity index is 2.13. The van der Waals surface area contributed by atoms with Crippen molar-refractivity contribution in [3.05, 3.63) is 70.5 Å². The zero-order chi connectivity index (χ0) is 13.8. The summed E-state index contributed by atoms with van der Waals surface area (Å²) in [6, 6.07) is 13.2. The van der Waals surface area contributed by atoms with Crippen LogP contribution in [0.1, 0.15) is 15.9 Å². The Morgan fingerprint density at radius 3 is 2.53 bits per heavy atom. The van der Waals surface area contributed by atoms with Crippen LogP contribution in [0.25, 0.3) is 0 Å². The monoisotopic (exact) mass is 277 g/mol. The number of carbonyl (C=O) groups excluding carboxylic acids is 1. The van der Waals surface area contributed by atoms with Gasteiger partial charge >= 0.3 is 0 Å². The summed E-state index contributed by atoms with van der Waals surface area (Å²) in [6.45, 7) is 0.340. The molecule has 98 valence electrons. The molecule has 0 aromatic heterocycles. The number of amides is 1. The minimum absolute atomic E-state index is 0.0963. The number of halogens is 2. The molecule has 0 fully saturated rings. The number of benzene rings is 2. The molecule has 0 saturated carbocycles. The molecule has 2 aromatic carbocycles. The molecule has 2 aromatic rings. The second kappa shape index (κ2) is 5.85. The minimum Gasteiger partial charge on any atom is -0.337 e. The normalized spacial score (nSPS) is 10.3. The Bertz CT molecular complexity index is 586. The SMILES string of the molecule is CN(Cc1ccc(F)cc1Cl)C(=O)c1ccccc1. The zero-order valence-electron chi connectivity index (χ0n) is 10.4. The summed E-state index contributed by atoms with van der Waals surface area (Å²) in [4.78, 5) is 13.7. The van der Waals surface area contributed by atoms with Gasteiger partial charge in [-0.05, 0) is 29.8 Å². The van der Waals surface area contributed by atoms with Crippen molar-refractivity contribution in [1.29, 1.82) is 0 Å². The highest BCUT2D eigenvalue weighted by Crippen LogP contribution is 2.19. The highest BCUT2D eigenvalue weighted by Gasteiger charge is 2.13. The molecule has 0 aliphatic heterocycles. The van der Waals surface area contributed by atoms with Gasteiger partial charge in [-0.25, -0.2) is 4.39 Å². The van der Waals surface area contributed by atoms with E-state index in [1.165, 1.54) is 12.1 Å². The number of hydrogen-bond acceptors (Lipinski definition) is 1. The third kappa shape index (κ3) is 3.32. The predicted octanol–water partition coefficient (Wildman–Crippen LogP) is 3.75. The first-order chi connectivity index (χ1) is 9.08. The number of hydrogen-bond donors (Lipinski definition) is 0. The van der Waals surface area contributed by atoms with Crippen molar-refractivity contribution >= 4 is 17.5 Å². The Hall–Kier alpha value is -1.87. The first kappa shape index (κ1) is 13.6. The van der Waals surface area contributed by atoms with Crippen molar-refractivity contribution in [3.8, 4) is 0 Å². The summed E-state index contributed by atoms with van der Waals surface area (Å²) in [5.41, 5.74) is 1.33. The van der Waals surface area contributed by atoms with E-state index in [0.29, 0.717) is 17.1 Å². The third-order valence-corrected chi connectivity index (χ3v) is 3.14. The van der Waals surface area contributed by atoms with Crippen molar-refractivity contribution in [2.24, 2.45) is 0 Å². The molecule has 0 unspecified atom stereocenters. The smallest absolute Gasteiger partial charge is 0.253 e. The maximum absolute atomic E-state index is 12.9. The molecule has 0 radical (unpaired) electrons. The zero-order valence-corrected chi connectivity index (χ0v) is 11.2. The van der Waals surface area contributed by atoms with Gasteiger partial charge in [-0.3, -0.25) is 4.79 Å². The lowest BCUT2D eigenvalue weighted by Crippen LogP contribution is -2.26. The van der Waals surface area contributed by atoms with E-state index in [2.05, 4.69) is 0 Å². The molecule has 4 heteroatoms. The van der Waals surface area contributed by atoms with Gasteiger partial charge in [0.2, 0.25) is 0 Å². The highest BCUT2D eigenvalue weighted by molar-refractivity contribution is 6.31. The molecule has 0 aliphatic carbocycles. The molecule has 0 aliphatic rings. The quantitative estimate of drug-likeness (QED) is 0.837. The maximum atomic E-state index is 12.9. The van der Waals surface area contributed by atoms with Crippen LogP contribution in [0.15, 0.2) is 48.5 Å². The molecular weight excluding hydrogens is 265 g/mol. The molecule has 2 rings (SSSR count). The average Bonchev–Trinajstić information content (AvgIpc) is 2.42.